The van der Waals surface area contributed by atoms with E-state index in [2.05, 4.69) is 27.7 Å². The third-order valence-corrected chi connectivity index (χ3v) is 12.4. The number of rotatable bonds is 9. The molecule has 1 aromatic rings. The summed E-state index contributed by atoms with van der Waals surface area (Å²) in [4.78, 5) is 0. The number of nitrogen functional groups attached to an aromatic ring is 2. The minimum Gasteiger partial charge on any atom is -0.399 e. The Bertz CT molecular complexity index is 895. The average Bonchev–Trinajstić information content (AvgIpc) is 3.20. The standard InChI is InChI=1S/C34H56N2O/c1-23(21-37-22-25-18-27(35)20-28(36)19-25)8-7-9-24(2)30-13-14-31-29-12-11-26-10-5-6-16-33(26,3)32(29)15-17-34(30,31)4/h18-20,23-24,26,29-32H,5-17,21-22,35-36H2,1-4H3/t23?,24-,26?,29+,30-,31+,32+,33+,34-/m1/s1. The van der Waals surface area contributed by atoms with Crippen molar-refractivity contribution in [2.45, 2.75) is 118 Å². The van der Waals surface area contributed by atoms with Crippen LogP contribution in [-0.2, 0) is 11.3 Å². The monoisotopic (exact) mass is 508 g/mol. The summed E-state index contributed by atoms with van der Waals surface area (Å²) in [7, 11) is 0. The van der Waals surface area contributed by atoms with Crippen LogP contribution in [0.4, 0.5) is 11.4 Å². The third-order valence-electron chi connectivity index (χ3n) is 12.4. The Balaban J connectivity index is 1.09. The molecule has 5 rings (SSSR count). The summed E-state index contributed by atoms with van der Waals surface area (Å²) in [6.45, 7) is 11.8. The van der Waals surface area contributed by atoms with E-state index in [1.165, 1.54) is 77.0 Å². The molecule has 4 saturated carbocycles. The number of anilines is 2. The van der Waals surface area contributed by atoms with Gasteiger partial charge in [-0.05, 0) is 134 Å². The molecule has 0 saturated heterocycles. The summed E-state index contributed by atoms with van der Waals surface area (Å²) in [6.07, 6.45) is 19.2. The molecule has 208 valence electrons. The molecule has 4 N–H and O–H groups in total. The highest BCUT2D eigenvalue weighted by Crippen LogP contribution is 2.68. The minimum atomic E-state index is 0.597. The molecule has 0 aliphatic heterocycles. The highest BCUT2D eigenvalue weighted by atomic mass is 16.5. The number of hydrogen-bond donors (Lipinski definition) is 2. The van der Waals surface area contributed by atoms with Crippen molar-refractivity contribution in [3.8, 4) is 0 Å². The second kappa shape index (κ2) is 11.1. The molecule has 4 fully saturated rings. The van der Waals surface area contributed by atoms with E-state index >= 15 is 0 Å². The van der Waals surface area contributed by atoms with Crippen LogP contribution < -0.4 is 11.5 Å². The van der Waals surface area contributed by atoms with Crippen molar-refractivity contribution in [2.75, 3.05) is 18.1 Å². The molecule has 4 aliphatic carbocycles. The number of hydrogen-bond acceptors (Lipinski definition) is 3. The lowest BCUT2D eigenvalue weighted by molar-refractivity contribution is -0.114. The molecule has 0 radical (unpaired) electrons. The molecule has 1 aromatic carbocycles. The predicted octanol–water partition coefficient (Wildman–Crippen LogP) is 8.86. The fraction of sp³-hybridized carbons (Fsp3) is 0.824. The van der Waals surface area contributed by atoms with Gasteiger partial charge in [0.15, 0.2) is 0 Å². The molecular weight excluding hydrogens is 452 g/mol. The van der Waals surface area contributed by atoms with Gasteiger partial charge in [0.2, 0.25) is 0 Å². The Morgan fingerprint density at radius 3 is 2.38 bits per heavy atom. The third kappa shape index (κ3) is 5.45. The van der Waals surface area contributed by atoms with Gasteiger partial charge in [0.05, 0.1) is 6.61 Å². The highest BCUT2D eigenvalue weighted by Gasteiger charge is 2.60. The molecule has 0 bridgehead atoms. The van der Waals surface area contributed by atoms with E-state index in [0.29, 0.717) is 34.7 Å². The van der Waals surface area contributed by atoms with Gasteiger partial charge in [0, 0.05) is 18.0 Å². The Morgan fingerprint density at radius 2 is 1.59 bits per heavy atom. The molecule has 0 spiro atoms. The van der Waals surface area contributed by atoms with Gasteiger partial charge in [0.25, 0.3) is 0 Å². The van der Waals surface area contributed by atoms with Crippen molar-refractivity contribution in [3.05, 3.63) is 23.8 Å². The maximum atomic E-state index is 6.02. The van der Waals surface area contributed by atoms with E-state index in [0.717, 1.165) is 47.7 Å². The van der Waals surface area contributed by atoms with Gasteiger partial charge in [-0.1, -0.05) is 53.4 Å². The SMILES string of the molecule is CC(CCC[C@@H](C)[C@H]1CC[C@H]2[C@@H]3CCC4CCCC[C@]4(C)[C@H]3CC[C@]12C)COCc1cc(N)cc(N)c1. The summed E-state index contributed by atoms with van der Waals surface area (Å²) in [5.41, 5.74) is 15.6. The Labute approximate surface area is 227 Å². The van der Waals surface area contributed by atoms with Gasteiger partial charge in [0.1, 0.15) is 0 Å². The van der Waals surface area contributed by atoms with Gasteiger partial charge in [-0.3, -0.25) is 0 Å². The zero-order valence-electron chi connectivity index (χ0n) is 24.4. The van der Waals surface area contributed by atoms with Crippen LogP contribution in [0.15, 0.2) is 18.2 Å². The van der Waals surface area contributed by atoms with Gasteiger partial charge < -0.3 is 16.2 Å². The Hall–Kier alpha value is -1.22. The Kier molecular flexibility index (Phi) is 8.21. The van der Waals surface area contributed by atoms with E-state index in [1.54, 1.807) is 12.5 Å². The first-order valence-corrected chi connectivity index (χ1v) is 15.9. The number of fused-ring (bicyclic) bond motifs is 5. The van der Waals surface area contributed by atoms with Gasteiger partial charge >= 0.3 is 0 Å². The molecule has 2 unspecified atom stereocenters. The van der Waals surface area contributed by atoms with Gasteiger partial charge in [-0.2, -0.15) is 0 Å². The fourth-order valence-corrected chi connectivity index (χ4v) is 10.6. The number of ether oxygens (including phenoxy) is 1. The van der Waals surface area contributed by atoms with E-state index in [9.17, 15) is 0 Å². The summed E-state index contributed by atoms with van der Waals surface area (Å²) >= 11 is 0. The molecule has 3 nitrogen and oxygen atoms in total. The van der Waals surface area contributed by atoms with E-state index in [-0.39, 0.29) is 0 Å². The lowest BCUT2D eigenvalue weighted by atomic mass is 9.44. The lowest BCUT2D eigenvalue weighted by Crippen LogP contribution is -2.53. The van der Waals surface area contributed by atoms with Crippen molar-refractivity contribution in [1.29, 1.82) is 0 Å². The number of benzene rings is 1. The lowest BCUT2D eigenvalue weighted by Gasteiger charge is -2.61. The zero-order chi connectivity index (χ0) is 26.2. The summed E-state index contributed by atoms with van der Waals surface area (Å²) in [5, 5.41) is 0. The molecule has 4 aliphatic rings. The summed E-state index contributed by atoms with van der Waals surface area (Å²) in [5.74, 6) is 6.50. The van der Waals surface area contributed by atoms with Crippen LogP contribution in [0.25, 0.3) is 0 Å². The minimum absolute atomic E-state index is 0.597. The average molecular weight is 509 g/mol. The maximum Gasteiger partial charge on any atom is 0.0718 e. The first-order valence-electron chi connectivity index (χ1n) is 15.9. The quantitative estimate of drug-likeness (QED) is 0.327. The van der Waals surface area contributed by atoms with Crippen molar-refractivity contribution < 1.29 is 4.74 Å². The molecule has 37 heavy (non-hydrogen) atoms. The van der Waals surface area contributed by atoms with Crippen molar-refractivity contribution >= 4 is 11.4 Å². The smallest absolute Gasteiger partial charge is 0.0718 e. The second-order valence-corrected chi connectivity index (χ2v) is 14.7. The van der Waals surface area contributed by atoms with Crippen LogP contribution in [0, 0.1) is 52.3 Å². The normalized spacial score (nSPS) is 38.9. The molecule has 9 atom stereocenters. The topological polar surface area (TPSA) is 61.3 Å². The number of nitrogens with two attached hydrogens (primary N) is 2. The summed E-state index contributed by atoms with van der Waals surface area (Å²) in [6, 6.07) is 5.73. The van der Waals surface area contributed by atoms with Crippen molar-refractivity contribution in [3.63, 3.8) is 0 Å². The van der Waals surface area contributed by atoms with Gasteiger partial charge in [-0.25, -0.2) is 0 Å². The second-order valence-electron chi connectivity index (χ2n) is 14.7. The van der Waals surface area contributed by atoms with Crippen molar-refractivity contribution in [2.24, 2.45) is 52.3 Å². The first-order chi connectivity index (χ1) is 17.7. The molecule has 0 amide bonds. The maximum absolute atomic E-state index is 6.02. The predicted molar refractivity (Wildman–Crippen MR) is 157 cm³/mol. The van der Waals surface area contributed by atoms with Crippen LogP contribution in [0.1, 0.15) is 117 Å². The van der Waals surface area contributed by atoms with E-state index in [1.807, 2.05) is 12.1 Å². The van der Waals surface area contributed by atoms with Gasteiger partial charge in [-0.15, -0.1) is 0 Å². The fourth-order valence-electron chi connectivity index (χ4n) is 10.6. The Morgan fingerprint density at radius 1 is 0.838 bits per heavy atom. The molecule has 0 aromatic heterocycles. The molecule has 0 heterocycles. The van der Waals surface area contributed by atoms with E-state index in [4.69, 9.17) is 16.2 Å². The summed E-state index contributed by atoms with van der Waals surface area (Å²) < 4.78 is 6.02. The van der Waals surface area contributed by atoms with Crippen molar-refractivity contribution in [1.82, 2.24) is 0 Å². The first kappa shape index (κ1) is 27.4. The van der Waals surface area contributed by atoms with Crippen LogP contribution in [0.5, 0.6) is 0 Å². The van der Waals surface area contributed by atoms with Crippen LogP contribution in [0.2, 0.25) is 0 Å². The molecular formula is C34H56N2O. The largest absolute Gasteiger partial charge is 0.399 e. The van der Waals surface area contributed by atoms with Crippen LogP contribution in [0.3, 0.4) is 0 Å². The zero-order valence-corrected chi connectivity index (χ0v) is 24.4. The van der Waals surface area contributed by atoms with Crippen LogP contribution in [-0.4, -0.2) is 6.61 Å². The molecule has 3 heteroatoms. The van der Waals surface area contributed by atoms with E-state index < -0.39 is 0 Å². The highest BCUT2D eigenvalue weighted by molar-refractivity contribution is 5.54. The van der Waals surface area contributed by atoms with Crippen LogP contribution >= 0.6 is 0 Å².